The predicted octanol–water partition coefficient (Wildman–Crippen LogP) is 3.72. The highest BCUT2D eigenvalue weighted by molar-refractivity contribution is 5.55. The van der Waals surface area contributed by atoms with Gasteiger partial charge in [0.25, 0.3) is 5.88 Å². The standard InChI is InChI=1S/C20H19FN4O/c1-13-3-4-16(9-14(13)2)12-26-20-18(10-22)19(23)25(24-20)11-15-5-7-17(21)8-6-15/h3-9H,11-12,23H2,1-2H3. The maximum Gasteiger partial charge on any atom is 0.253 e. The molecule has 3 aromatic rings. The minimum absolute atomic E-state index is 0.199. The van der Waals surface area contributed by atoms with E-state index in [4.69, 9.17) is 10.5 Å². The third-order valence-electron chi connectivity index (χ3n) is 4.26. The van der Waals surface area contributed by atoms with Crippen molar-refractivity contribution in [2.75, 3.05) is 5.73 Å². The molecule has 2 N–H and O–H groups in total. The van der Waals surface area contributed by atoms with Crippen LogP contribution in [0.2, 0.25) is 0 Å². The number of benzene rings is 2. The fourth-order valence-corrected chi connectivity index (χ4v) is 2.59. The molecule has 0 aliphatic rings. The number of hydrogen-bond acceptors (Lipinski definition) is 4. The Kier molecular flexibility index (Phi) is 4.90. The van der Waals surface area contributed by atoms with Gasteiger partial charge in [-0.1, -0.05) is 30.3 Å². The summed E-state index contributed by atoms with van der Waals surface area (Å²) in [6.07, 6.45) is 0. The average molecular weight is 350 g/mol. The molecule has 0 fully saturated rings. The molecule has 0 spiro atoms. The number of hydrogen-bond donors (Lipinski definition) is 1. The summed E-state index contributed by atoms with van der Waals surface area (Å²) >= 11 is 0. The number of anilines is 1. The Morgan fingerprint density at radius 3 is 2.46 bits per heavy atom. The van der Waals surface area contributed by atoms with Gasteiger partial charge in [0.1, 0.15) is 24.3 Å². The number of nitrogen functional groups attached to an aromatic ring is 1. The van der Waals surface area contributed by atoms with Gasteiger partial charge >= 0.3 is 0 Å². The van der Waals surface area contributed by atoms with Gasteiger partial charge < -0.3 is 10.5 Å². The summed E-state index contributed by atoms with van der Waals surface area (Å²) in [6, 6.07) is 14.1. The Morgan fingerprint density at radius 1 is 1.12 bits per heavy atom. The van der Waals surface area contributed by atoms with E-state index in [1.54, 1.807) is 12.1 Å². The highest BCUT2D eigenvalue weighted by Gasteiger charge is 2.17. The molecule has 5 nitrogen and oxygen atoms in total. The van der Waals surface area contributed by atoms with Gasteiger partial charge in [-0.3, -0.25) is 0 Å². The van der Waals surface area contributed by atoms with E-state index in [1.807, 2.05) is 38.1 Å². The largest absolute Gasteiger partial charge is 0.471 e. The maximum absolute atomic E-state index is 13.0. The molecular weight excluding hydrogens is 331 g/mol. The van der Waals surface area contributed by atoms with Gasteiger partial charge in [-0.25, -0.2) is 9.07 Å². The predicted molar refractivity (Wildman–Crippen MR) is 97.1 cm³/mol. The molecule has 132 valence electrons. The lowest BCUT2D eigenvalue weighted by molar-refractivity contribution is 0.289. The van der Waals surface area contributed by atoms with E-state index in [0.717, 1.165) is 11.1 Å². The summed E-state index contributed by atoms with van der Waals surface area (Å²) in [4.78, 5) is 0. The van der Waals surface area contributed by atoms with Crippen LogP contribution in [-0.4, -0.2) is 9.78 Å². The van der Waals surface area contributed by atoms with Crippen LogP contribution in [0.5, 0.6) is 5.88 Å². The van der Waals surface area contributed by atoms with Gasteiger partial charge in [0, 0.05) is 0 Å². The lowest BCUT2D eigenvalue weighted by Gasteiger charge is -2.06. The molecule has 0 saturated carbocycles. The molecule has 6 heteroatoms. The summed E-state index contributed by atoms with van der Waals surface area (Å²) in [7, 11) is 0. The molecule has 0 saturated heterocycles. The van der Waals surface area contributed by atoms with Crippen molar-refractivity contribution in [3.05, 3.63) is 76.1 Å². The summed E-state index contributed by atoms with van der Waals surface area (Å²) in [5, 5.41) is 13.7. The number of rotatable bonds is 5. The van der Waals surface area contributed by atoms with Gasteiger partial charge in [0.05, 0.1) is 6.54 Å². The van der Waals surface area contributed by atoms with E-state index in [9.17, 15) is 9.65 Å². The van der Waals surface area contributed by atoms with Crippen LogP contribution in [0.1, 0.15) is 27.8 Å². The first-order valence-electron chi connectivity index (χ1n) is 8.17. The number of aryl methyl sites for hydroxylation is 2. The number of nitrogens with zero attached hydrogens (tertiary/aromatic N) is 3. The molecule has 26 heavy (non-hydrogen) atoms. The van der Waals surface area contributed by atoms with Crippen LogP contribution in [-0.2, 0) is 13.2 Å². The second-order valence-corrected chi connectivity index (χ2v) is 6.17. The van der Waals surface area contributed by atoms with Crippen molar-refractivity contribution in [3.63, 3.8) is 0 Å². The van der Waals surface area contributed by atoms with Crippen LogP contribution < -0.4 is 10.5 Å². The van der Waals surface area contributed by atoms with Crippen molar-refractivity contribution in [3.8, 4) is 11.9 Å². The Hall–Kier alpha value is -3.33. The summed E-state index contributed by atoms with van der Waals surface area (Å²) < 4.78 is 20.3. The van der Waals surface area contributed by atoms with Crippen LogP contribution >= 0.6 is 0 Å². The monoisotopic (exact) mass is 350 g/mol. The normalized spacial score (nSPS) is 10.5. The molecule has 0 aliphatic carbocycles. The quantitative estimate of drug-likeness (QED) is 0.761. The van der Waals surface area contributed by atoms with Crippen LogP contribution in [0.4, 0.5) is 10.2 Å². The first-order valence-corrected chi connectivity index (χ1v) is 8.17. The SMILES string of the molecule is Cc1ccc(COc2nn(Cc3ccc(F)cc3)c(N)c2C#N)cc1C. The highest BCUT2D eigenvalue weighted by atomic mass is 19.1. The summed E-state index contributed by atoms with van der Waals surface area (Å²) in [6.45, 7) is 4.71. The van der Waals surface area contributed by atoms with Crippen LogP contribution in [0.3, 0.4) is 0 Å². The van der Waals surface area contributed by atoms with Gasteiger partial charge in [-0.05, 0) is 48.2 Å². The first kappa shape index (κ1) is 17.5. The molecule has 1 aromatic heterocycles. The Balaban J connectivity index is 1.80. The van der Waals surface area contributed by atoms with Gasteiger partial charge in [0.2, 0.25) is 0 Å². The molecule has 0 unspecified atom stereocenters. The maximum atomic E-state index is 13.0. The number of ether oxygens (including phenoxy) is 1. The van der Waals surface area contributed by atoms with E-state index in [0.29, 0.717) is 13.2 Å². The average Bonchev–Trinajstić information content (AvgIpc) is 2.93. The van der Waals surface area contributed by atoms with E-state index >= 15 is 0 Å². The van der Waals surface area contributed by atoms with E-state index < -0.39 is 0 Å². The number of nitriles is 1. The van der Waals surface area contributed by atoms with Crippen molar-refractivity contribution in [2.45, 2.75) is 27.0 Å². The zero-order valence-electron chi connectivity index (χ0n) is 14.7. The van der Waals surface area contributed by atoms with Crippen LogP contribution in [0.25, 0.3) is 0 Å². The highest BCUT2D eigenvalue weighted by Crippen LogP contribution is 2.25. The Labute approximate surface area is 151 Å². The van der Waals surface area contributed by atoms with Gasteiger partial charge in [-0.2, -0.15) is 5.26 Å². The molecule has 3 rings (SSSR count). The Morgan fingerprint density at radius 2 is 1.81 bits per heavy atom. The van der Waals surface area contributed by atoms with Crippen molar-refractivity contribution in [1.82, 2.24) is 9.78 Å². The molecular formula is C20H19FN4O. The second kappa shape index (κ2) is 7.28. The molecule has 1 heterocycles. The number of nitrogens with two attached hydrogens (primary N) is 1. The summed E-state index contributed by atoms with van der Waals surface area (Å²) in [5.41, 5.74) is 10.4. The minimum atomic E-state index is -0.308. The van der Waals surface area contributed by atoms with Gasteiger partial charge in [0.15, 0.2) is 5.56 Å². The molecule has 0 radical (unpaired) electrons. The molecule has 2 aromatic carbocycles. The lowest BCUT2D eigenvalue weighted by atomic mass is 10.1. The van der Waals surface area contributed by atoms with E-state index in [-0.39, 0.29) is 23.1 Å². The van der Waals surface area contributed by atoms with Crippen LogP contribution in [0.15, 0.2) is 42.5 Å². The molecule has 0 bridgehead atoms. The molecule has 0 amide bonds. The second-order valence-electron chi connectivity index (χ2n) is 6.17. The third-order valence-corrected chi connectivity index (χ3v) is 4.26. The van der Waals surface area contributed by atoms with Crippen molar-refractivity contribution >= 4 is 5.82 Å². The smallest absolute Gasteiger partial charge is 0.253 e. The number of halogens is 1. The minimum Gasteiger partial charge on any atom is -0.471 e. The van der Waals surface area contributed by atoms with E-state index in [2.05, 4.69) is 5.10 Å². The fourth-order valence-electron chi connectivity index (χ4n) is 2.59. The topological polar surface area (TPSA) is 76.9 Å². The lowest BCUT2D eigenvalue weighted by Crippen LogP contribution is -2.06. The first-order chi connectivity index (χ1) is 12.5. The zero-order valence-corrected chi connectivity index (χ0v) is 14.7. The van der Waals surface area contributed by atoms with E-state index in [1.165, 1.54) is 27.9 Å². The fraction of sp³-hybridized carbons (Fsp3) is 0.200. The van der Waals surface area contributed by atoms with Crippen LogP contribution in [0, 0.1) is 31.0 Å². The summed E-state index contributed by atoms with van der Waals surface area (Å²) in [5.74, 6) is 0.120. The van der Waals surface area contributed by atoms with Crippen molar-refractivity contribution in [1.29, 1.82) is 5.26 Å². The zero-order chi connectivity index (χ0) is 18.7. The molecule has 0 atom stereocenters. The number of aromatic nitrogens is 2. The third kappa shape index (κ3) is 3.67. The van der Waals surface area contributed by atoms with Crippen molar-refractivity contribution < 1.29 is 9.13 Å². The Bertz CT molecular complexity index is 971. The van der Waals surface area contributed by atoms with Crippen molar-refractivity contribution in [2.24, 2.45) is 0 Å². The van der Waals surface area contributed by atoms with Gasteiger partial charge in [-0.15, -0.1) is 5.10 Å². The molecule has 0 aliphatic heterocycles.